The summed E-state index contributed by atoms with van der Waals surface area (Å²) in [7, 11) is 0. The lowest BCUT2D eigenvalue weighted by molar-refractivity contribution is -0.122. The van der Waals surface area contributed by atoms with E-state index in [1.165, 1.54) is 12.1 Å². The molecule has 0 aliphatic carbocycles. The molecule has 1 aliphatic rings. The number of aromatic nitrogens is 2. The summed E-state index contributed by atoms with van der Waals surface area (Å²) in [4.78, 5) is 26.3. The molecule has 2 heterocycles. The molecule has 2 amide bonds. The first-order chi connectivity index (χ1) is 17.5. The Labute approximate surface area is 212 Å². The van der Waals surface area contributed by atoms with Crippen LogP contribution in [0.1, 0.15) is 34.1 Å². The number of thioether (sulfide) groups is 1. The van der Waals surface area contributed by atoms with Gasteiger partial charge in [0.2, 0.25) is 5.91 Å². The van der Waals surface area contributed by atoms with E-state index in [0.29, 0.717) is 29.5 Å². The van der Waals surface area contributed by atoms with E-state index in [9.17, 15) is 14.0 Å². The lowest BCUT2D eigenvalue weighted by Gasteiger charge is -2.15. The summed E-state index contributed by atoms with van der Waals surface area (Å²) in [5, 5.41) is 12.2. The Morgan fingerprint density at radius 3 is 2.69 bits per heavy atom. The zero-order valence-corrected chi connectivity index (χ0v) is 20.5. The molecule has 0 unspecified atom stereocenters. The summed E-state index contributed by atoms with van der Waals surface area (Å²) in [6.45, 7) is 2.52. The second-order valence-corrected chi connectivity index (χ2v) is 9.36. The van der Waals surface area contributed by atoms with Gasteiger partial charge < -0.3 is 15.4 Å². The molecule has 0 bridgehead atoms. The number of amides is 2. The van der Waals surface area contributed by atoms with Crippen molar-refractivity contribution >= 4 is 40.2 Å². The zero-order chi connectivity index (χ0) is 25.1. The van der Waals surface area contributed by atoms with Gasteiger partial charge in [-0.3, -0.25) is 9.59 Å². The minimum atomic E-state index is -0.326. The van der Waals surface area contributed by atoms with Crippen molar-refractivity contribution in [2.24, 2.45) is 0 Å². The molecule has 9 heteroatoms. The average Bonchev–Trinajstić information content (AvgIpc) is 3.46. The number of anilines is 1. The Balaban J connectivity index is 1.40. The van der Waals surface area contributed by atoms with Crippen molar-refractivity contribution in [2.75, 3.05) is 11.9 Å². The Morgan fingerprint density at radius 2 is 1.89 bits per heavy atom. The van der Waals surface area contributed by atoms with Crippen LogP contribution >= 0.6 is 11.8 Å². The number of hydrogen-bond acceptors (Lipinski definition) is 5. The van der Waals surface area contributed by atoms with E-state index in [1.807, 2.05) is 37.3 Å². The van der Waals surface area contributed by atoms with Crippen LogP contribution in [0.5, 0.6) is 5.75 Å². The summed E-state index contributed by atoms with van der Waals surface area (Å²) in [5.74, 6) is 1.55. The van der Waals surface area contributed by atoms with Crippen molar-refractivity contribution in [1.29, 1.82) is 0 Å². The molecule has 0 fully saturated rings. The molecule has 7 nitrogen and oxygen atoms in total. The first-order valence-corrected chi connectivity index (χ1v) is 12.8. The maximum absolute atomic E-state index is 13.6. The Morgan fingerprint density at radius 1 is 1.08 bits per heavy atom. The Bertz CT molecular complexity index is 1440. The van der Waals surface area contributed by atoms with Crippen LogP contribution < -0.4 is 15.4 Å². The summed E-state index contributed by atoms with van der Waals surface area (Å²) in [6.07, 6.45) is 0. The van der Waals surface area contributed by atoms with Gasteiger partial charge in [0.25, 0.3) is 5.91 Å². The highest BCUT2D eigenvalue weighted by molar-refractivity contribution is 7.98. The molecule has 184 valence electrons. The SMILES string of the molecule is CCOc1ccc2ccccc2c1C(=O)Nc1c2c(nn1CC(=O)NCc1ccc(F)cc1)CSC2. The molecule has 36 heavy (non-hydrogen) atoms. The van der Waals surface area contributed by atoms with Crippen LogP contribution in [0, 0.1) is 5.82 Å². The molecule has 0 atom stereocenters. The molecular weight excluding hydrogens is 479 g/mol. The third kappa shape index (κ3) is 4.92. The van der Waals surface area contributed by atoms with Crippen molar-refractivity contribution in [3.05, 3.63) is 88.9 Å². The van der Waals surface area contributed by atoms with Crippen molar-refractivity contribution in [3.8, 4) is 5.75 Å². The highest BCUT2D eigenvalue weighted by atomic mass is 32.2. The number of nitrogens with one attached hydrogen (secondary N) is 2. The molecule has 0 spiro atoms. The van der Waals surface area contributed by atoms with E-state index in [-0.39, 0.29) is 30.7 Å². The van der Waals surface area contributed by atoms with E-state index in [0.717, 1.165) is 33.3 Å². The van der Waals surface area contributed by atoms with Gasteiger partial charge in [-0.25, -0.2) is 9.07 Å². The van der Waals surface area contributed by atoms with Gasteiger partial charge in [-0.1, -0.05) is 42.5 Å². The molecule has 0 radical (unpaired) electrons. The molecular formula is C27H25FN4O3S. The number of halogens is 1. The van der Waals surface area contributed by atoms with Gasteiger partial charge in [-0.15, -0.1) is 0 Å². The quantitative estimate of drug-likeness (QED) is 0.357. The number of fused-ring (bicyclic) bond motifs is 2. The van der Waals surface area contributed by atoms with Crippen LogP contribution in [0.4, 0.5) is 10.2 Å². The Hall–Kier alpha value is -3.85. The molecule has 2 N–H and O–H groups in total. The van der Waals surface area contributed by atoms with Gasteiger partial charge in [-0.2, -0.15) is 16.9 Å². The highest BCUT2D eigenvalue weighted by Gasteiger charge is 2.26. The highest BCUT2D eigenvalue weighted by Crippen LogP contribution is 2.36. The molecule has 0 saturated heterocycles. The van der Waals surface area contributed by atoms with Crippen LogP contribution in [0.15, 0.2) is 60.7 Å². The van der Waals surface area contributed by atoms with Gasteiger partial charge >= 0.3 is 0 Å². The minimum Gasteiger partial charge on any atom is -0.493 e. The van der Waals surface area contributed by atoms with E-state index < -0.39 is 0 Å². The zero-order valence-electron chi connectivity index (χ0n) is 19.7. The maximum Gasteiger partial charge on any atom is 0.261 e. The molecule has 1 aliphatic heterocycles. The number of nitrogens with zero attached hydrogens (tertiary/aromatic N) is 2. The summed E-state index contributed by atoms with van der Waals surface area (Å²) < 4.78 is 20.5. The number of benzene rings is 3. The monoisotopic (exact) mass is 504 g/mol. The van der Waals surface area contributed by atoms with Crippen molar-refractivity contribution < 1.29 is 18.7 Å². The molecule has 4 aromatic rings. The number of rotatable bonds is 8. The van der Waals surface area contributed by atoms with E-state index >= 15 is 0 Å². The number of carbonyl (C=O) groups is 2. The van der Waals surface area contributed by atoms with Crippen molar-refractivity contribution in [3.63, 3.8) is 0 Å². The van der Waals surface area contributed by atoms with Gasteiger partial charge in [0.05, 0.1) is 17.9 Å². The van der Waals surface area contributed by atoms with Crippen LogP contribution in [0.25, 0.3) is 10.8 Å². The number of hydrogen-bond donors (Lipinski definition) is 2. The van der Waals surface area contributed by atoms with Crippen LogP contribution in [0.2, 0.25) is 0 Å². The van der Waals surface area contributed by atoms with Crippen LogP contribution in [0.3, 0.4) is 0 Å². The summed E-state index contributed by atoms with van der Waals surface area (Å²) >= 11 is 1.71. The predicted octanol–water partition coefficient (Wildman–Crippen LogP) is 4.89. The average molecular weight is 505 g/mol. The third-order valence-electron chi connectivity index (χ3n) is 5.96. The largest absolute Gasteiger partial charge is 0.493 e. The fraction of sp³-hybridized carbons (Fsp3) is 0.222. The van der Waals surface area contributed by atoms with Crippen molar-refractivity contribution in [1.82, 2.24) is 15.1 Å². The maximum atomic E-state index is 13.6. The normalized spacial score (nSPS) is 12.4. The Kier molecular flexibility index (Phi) is 6.90. The van der Waals surface area contributed by atoms with Crippen LogP contribution in [-0.4, -0.2) is 28.2 Å². The van der Waals surface area contributed by atoms with E-state index in [2.05, 4.69) is 15.7 Å². The van der Waals surface area contributed by atoms with Gasteiger partial charge in [0.15, 0.2) is 0 Å². The topological polar surface area (TPSA) is 85.2 Å². The second-order valence-electron chi connectivity index (χ2n) is 8.37. The number of carbonyl (C=O) groups excluding carboxylic acids is 2. The van der Waals surface area contributed by atoms with E-state index in [1.54, 1.807) is 34.6 Å². The van der Waals surface area contributed by atoms with Crippen LogP contribution in [-0.2, 0) is 29.4 Å². The minimum absolute atomic E-state index is 0.0532. The number of ether oxygens (including phenoxy) is 1. The third-order valence-corrected chi connectivity index (χ3v) is 6.94. The van der Waals surface area contributed by atoms with E-state index in [4.69, 9.17) is 4.74 Å². The van der Waals surface area contributed by atoms with Gasteiger partial charge in [0, 0.05) is 23.6 Å². The molecule has 1 aromatic heterocycles. The first kappa shape index (κ1) is 23.9. The fourth-order valence-corrected chi connectivity index (χ4v) is 5.28. The lowest BCUT2D eigenvalue weighted by Crippen LogP contribution is -2.29. The molecule has 5 rings (SSSR count). The first-order valence-electron chi connectivity index (χ1n) is 11.7. The lowest BCUT2D eigenvalue weighted by atomic mass is 10.0. The standard InChI is InChI=1S/C27H25FN4O3S/c1-2-35-23-12-9-18-5-3-4-6-20(18)25(23)27(34)30-26-21-15-36-16-22(21)31-32(26)14-24(33)29-13-17-7-10-19(28)11-8-17/h3-12H,2,13-16H2,1H3,(H,29,33)(H,30,34). The van der Waals surface area contributed by atoms with Gasteiger partial charge in [0.1, 0.15) is 23.9 Å². The summed E-state index contributed by atoms with van der Waals surface area (Å²) in [5.41, 5.74) is 3.03. The van der Waals surface area contributed by atoms with Crippen molar-refractivity contribution in [2.45, 2.75) is 31.5 Å². The molecule has 3 aromatic carbocycles. The molecule has 0 saturated carbocycles. The fourth-order valence-electron chi connectivity index (χ4n) is 4.25. The van der Waals surface area contributed by atoms with Gasteiger partial charge in [-0.05, 0) is 41.5 Å². The summed E-state index contributed by atoms with van der Waals surface area (Å²) in [6, 6.07) is 17.4. The smallest absolute Gasteiger partial charge is 0.261 e. The predicted molar refractivity (Wildman–Crippen MR) is 139 cm³/mol. The second kappa shape index (κ2) is 10.4.